The maximum Gasteiger partial charge on any atom is 0.233 e. The van der Waals surface area contributed by atoms with E-state index in [0.717, 1.165) is 0 Å². The van der Waals surface area contributed by atoms with Crippen LogP contribution in [0.3, 0.4) is 0 Å². The molecule has 1 N–H and O–H groups in total. The zero-order valence-corrected chi connectivity index (χ0v) is 9.11. The average Bonchev–Trinajstić information content (AvgIpc) is 2.51. The van der Waals surface area contributed by atoms with Crippen molar-refractivity contribution in [3.05, 3.63) is 22.4 Å². The first kappa shape index (κ1) is 9.74. The van der Waals surface area contributed by atoms with E-state index < -0.39 is 0 Å². The molecule has 4 heteroatoms. The number of hydrogen-bond donors (Lipinski definition) is 1. The van der Waals surface area contributed by atoms with Crippen molar-refractivity contribution in [3.63, 3.8) is 0 Å². The largest absolute Gasteiger partial charge is 0.350 e. The van der Waals surface area contributed by atoms with Gasteiger partial charge in [0.1, 0.15) is 0 Å². The normalized spacial score (nSPS) is 12.5. The molecule has 0 unspecified atom stereocenters. The number of thiophene rings is 1. The van der Waals surface area contributed by atoms with Crippen LogP contribution in [0.1, 0.15) is 11.8 Å². The molecule has 1 amide bonds. The van der Waals surface area contributed by atoms with E-state index in [0.29, 0.717) is 6.54 Å². The molecule has 1 rings (SSSR count). The molecule has 0 radical (unpaired) electrons. The molecule has 1 aromatic rings. The first-order valence-electron chi connectivity index (χ1n) is 3.64. The number of rotatable bonds is 3. The number of nitrogens with one attached hydrogen (secondary N) is 1. The highest BCUT2D eigenvalue weighted by Crippen LogP contribution is 2.07. The van der Waals surface area contributed by atoms with Gasteiger partial charge in [0.15, 0.2) is 0 Å². The monoisotopic (exact) mass is 247 g/mol. The summed E-state index contributed by atoms with van der Waals surface area (Å²) >= 11 is 4.84. The van der Waals surface area contributed by atoms with Gasteiger partial charge >= 0.3 is 0 Å². The van der Waals surface area contributed by atoms with Gasteiger partial charge in [-0.2, -0.15) is 0 Å². The molecular weight excluding hydrogens is 238 g/mol. The number of carbonyl (C=O) groups is 1. The number of carbonyl (C=O) groups excluding carboxylic acids is 1. The van der Waals surface area contributed by atoms with Gasteiger partial charge in [-0.15, -0.1) is 11.3 Å². The molecule has 1 atom stereocenters. The molecular formula is C8H10BrNOS. The van der Waals surface area contributed by atoms with Crippen LogP contribution in [0, 0.1) is 0 Å². The van der Waals surface area contributed by atoms with Gasteiger partial charge in [0, 0.05) is 4.88 Å². The van der Waals surface area contributed by atoms with Crippen molar-refractivity contribution in [2.24, 2.45) is 0 Å². The van der Waals surface area contributed by atoms with Crippen molar-refractivity contribution in [2.45, 2.75) is 18.3 Å². The molecule has 1 aromatic heterocycles. The number of hydrogen-bond acceptors (Lipinski definition) is 2. The Hall–Kier alpha value is -0.350. The standard InChI is InChI=1S/C8H10BrNOS/c1-6(9)8(11)10-5-7-3-2-4-12-7/h2-4,6H,5H2,1H3,(H,10,11)/t6-/m1/s1. The summed E-state index contributed by atoms with van der Waals surface area (Å²) in [4.78, 5) is 12.1. The van der Waals surface area contributed by atoms with Crippen LogP contribution in [0.4, 0.5) is 0 Å². The number of alkyl halides is 1. The molecule has 0 saturated carbocycles. The lowest BCUT2D eigenvalue weighted by Crippen LogP contribution is -2.28. The second-order valence-corrected chi connectivity index (χ2v) is 4.82. The second-order valence-electron chi connectivity index (χ2n) is 2.41. The Morgan fingerprint density at radius 3 is 3.08 bits per heavy atom. The van der Waals surface area contributed by atoms with Crippen LogP contribution < -0.4 is 5.32 Å². The molecule has 0 aromatic carbocycles. The minimum absolute atomic E-state index is 0.0309. The lowest BCUT2D eigenvalue weighted by molar-refractivity contribution is -0.120. The summed E-state index contributed by atoms with van der Waals surface area (Å²) < 4.78 is 0. The van der Waals surface area contributed by atoms with Crippen molar-refractivity contribution >= 4 is 33.2 Å². The summed E-state index contributed by atoms with van der Waals surface area (Å²) in [6, 6.07) is 3.98. The Bertz CT molecular complexity index is 246. The van der Waals surface area contributed by atoms with Gasteiger partial charge in [-0.1, -0.05) is 22.0 Å². The molecule has 1 heterocycles. The maximum atomic E-state index is 11.1. The zero-order chi connectivity index (χ0) is 8.97. The fourth-order valence-electron chi connectivity index (χ4n) is 0.728. The third-order valence-corrected chi connectivity index (χ3v) is 2.67. The van der Waals surface area contributed by atoms with Gasteiger partial charge in [-0.05, 0) is 18.4 Å². The fraction of sp³-hybridized carbons (Fsp3) is 0.375. The summed E-state index contributed by atoms with van der Waals surface area (Å²) in [5.41, 5.74) is 0. The van der Waals surface area contributed by atoms with E-state index in [9.17, 15) is 4.79 Å². The smallest absolute Gasteiger partial charge is 0.233 e. The molecule has 0 aliphatic rings. The van der Waals surface area contributed by atoms with Crippen molar-refractivity contribution < 1.29 is 4.79 Å². The van der Waals surface area contributed by atoms with Crippen LogP contribution in [0.2, 0.25) is 0 Å². The van der Waals surface area contributed by atoms with Gasteiger partial charge in [0.05, 0.1) is 11.4 Å². The third-order valence-electron chi connectivity index (χ3n) is 1.38. The Kier molecular flexibility index (Phi) is 3.75. The predicted octanol–water partition coefficient (Wildman–Crippen LogP) is 2.15. The minimum Gasteiger partial charge on any atom is -0.350 e. The average molecular weight is 248 g/mol. The second kappa shape index (κ2) is 4.62. The van der Waals surface area contributed by atoms with Crippen molar-refractivity contribution in [3.8, 4) is 0 Å². The highest BCUT2D eigenvalue weighted by molar-refractivity contribution is 9.10. The maximum absolute atomic E-state index is 11.1. The van der Waals surface area contributed by atoms with Crippen molar-refractivity contribution in [1.29, 1.82) is 0 Å². The molecule has 0 fully saturated rings. The summed E-state index contributed by atoms with van der Waals surface area (Å²) in [5, 5.41) is 4.81. The van der Waals surface area contributed by atoms with E-state index in [1.807, 2.05) is 24.4 Å². The lowest BCUT2D eigenvalue weighted by atomic mass is 10.4. The minimum atomic E-state index is -0.113. The van der Waals surface area contributed by atoms with Gasteiger partial charge in [-0.25, -0.2) is 0 Å². The zero-order valence-electron chi connectivity index (χ0n) is 6.71. The van der Waals surface area contributed by atoms with Gasteiger partial charge in [0.2, 0.25) is 5.91 Å². The Balaban J connectivity index is 2.32. The van der Waals surface area contributed by atoms with E-state index in [4.69, 9.17) is 0 Å². The molecule has 2 nitrogen and oxygen atoms in total. The molecule has 0 aliphatic carbocycles. The van der Waals surface area contributed by atoms with E-state index in [1.165, 1.54) is 4.88 Å². The predicted molar refractivity (Wildman–Crippen MR) is 54.6 cm³/mol. The van der Waals surface area contributed by atoms with Crippen molar-refractivity contribution in [2.75, 3.05) is 0 Å². The van der Waals surface area contributed by atoms with Gasteiger partial charge in [-0.3, -0.25) is 4.79 Å². The molecule has 66 valence electrons. The summed E-state index contributed by atoms with van der Waals surface area (Å²) in [5.74, 6) is 0.0309. The Labute approximate surface area is 84.1 Å². The summed E-state index contributed by atoms with van der Waals surface area (Å²) in [6.07, 6.45) is 0. The Morgan fingerprint density at radius 1 is 1.83 bits per heavy atom. The molecule has 0 aliphatic heterocycles. The SMILES string of the molecule is C[C@@H](Br)C(=O)NCc1cccs1. The summed E-state index contributed by atoms with van der Waals surface area (Å²) in [6.45, 7) is 2.44. The first-order chi connectivity index (χ1) is 5.70. The van der Waals surface area contributed by atoms with Crippen LogP contribution in [-0.2, 0) is 11.3 Å². The third kappa shape index (κ3) is 2.95. The van der Waals surface area contributed by atoms with E-state index >= 15 is 0 Å². The van der Waals surface area contributed by atoms with E-state index in [2.05, 4.69) is 21.2 Å². The van der Waals surface area contributed by atoms with Crippen LogP contribution in [0.5, 0.6) is 0 Å². The van der Waals surface area contributed by atoms with E-state index in [-0.39, 0.29) is 10.7 Å². The van der Waals surface area contributed by atoms with Crippen LogP contribution in [-0.4, -0.2) is 10.7 Å². The molecule has 0 spiro atoms. The topological polar surface area (TPSA) is 29.1 Å². The Morgan fingerprint density at radius 2 is 2.58 bits per heavy atom. The van der Waals surface area contributed by atoms with Gasteiger partial charge < -0.3 is 5.32 Å². The van der Waals surface area contributed by atoms with Crippen molar-refractivity contribution in [1.82, 2.24) is 5.32 Å². The fourth-order valence-corrected chi connectivity index (χ4v) is 1.53. The lowest BCUT2D eigenvalue weighted by Gasteiger charge is -2.03. The quantitative estimate of drug-likeness (QED) is 0.816. The molecule has 0 bridgehead atoms. The highest BCUT2D eigenvalue weighted by atomic mass is 79.9. The number of halogens is 1. The van der Waals surface area contributed by atoms with Crippen LogP contribution in [0.15, 0.2) is 17.5 Å². The first-order valence-corrected chi connectivity index (χ1v) is 5.44. The molecule has 12 heavy (non-hydrogen) atoms. The van der Waals surface area contributed by atoms with E-state index in [1.54, 1.807) is 11.3 Å². The molecule has 0 saturated heterocycles. The number of amides is 1. The van der Waals surface area contributed by atoms with Crippen LogP contribution in [0.25, 0.3) is 0 Å². The van der Waals surface area contributed by atoms with Crippen LogP contribution >= 0.6 is 27.3 Å². The highest BCUT2D eigenvalue weighted by Gasteiger charge is 2.07. The summed E-state index contributed by atoms with van der Waals surface area (Å²) in [7, 11) is 0. The van der Waals surface area contributed by atoms with Gasteiger partial charge in [0.25, 0.3) is 0 Å².